The molecule has 0 aliphatic heterocycles. The molecule has 118 valence electrons. The van der Waals surface area contributed by atoms with E-state index in [0.29, 0.717) is 17.9 Å². The first kappa shape index (κ1) is 17.3. The minimum atomic E-state index is -3.43. The molecule has 0 unspecified atom stereocenters. The number of ether oxygens (including phenoxy) is 1. The van der Waals surface area contributed by atoms with Crippen molar-refractivity contribution in [3.8, 4) is 5.75 Å². The minimum Gasteiger partial charge on any atom is -0.497 e. The van der Waals surface area contributed by atoms with Gasteiger partial charge in [0.25, 0.3) is 0 Å². The average Bonchev–Trinajstić information content (AvgIpc) is 2.42. The molecule has 0 saturated carbocycles. The summed E-state index contributed by atoms with van der Waals surface area (Å²) in [6.07, 6.45) is 2.34. The Kier molecular flexibility index (Phi) is 6.48. The smallest absolute Gasteiger partial charge is 0.232 e. The standard InChI is InChI=1S/C14H22N2O4S/c1-4-6-14(17)15-9-10-16(21(3,18)19)12-7-5-8-13(11-12)20-2/h5,7-8,11H,4,6,9-10H2,1-3H3,(H,15,17). The Morgan fingerprint density at radius 2 is 2.10 bits per heavy atom. The van der Waals surface area contributed by atoms with Gasteiger partial charge in [0.1, 0.15) is 5.75 Å². The van der Waals surface area contributed by atoms with Gasteiger partial charge in [-0.1, -0.05) is 13.0 Å². The fourth-order valence-corrected chi connectivity index (χ4v) is 2.78. The van der Waals surface area contributed by atoms with Gasteiger partial charge in [-0.2, -0.15) is 0 Å². The average molecular weight is 314 g/mol. The van der Waals surface area contributed by atoms with E-state index in [1.807, 2.05) is 6.92 Å². The van der Waals surface area contributed by atoms with Crippen molar-refractivity contribution in [3.05, 3.63) is 24.3 Å². The molecule has 21 heavy (non-hydrogen) atoms. The zero-order chi connectivity index (χ0) is 15.9. The fourth-order valence-electron chi connectivity index (χ4n) is 1.86. The van der Waals surface area contributed by atoms with Gasteiger partial charge < -0.3 is 10.1 Å². The zero-order valence-corrected chi connectivity index (χ0v) is 13.4. The molecule has 0 heterocycles. The van der Waals surface area contributed by atoms with E-state index >= 15 is 0 Å². The van der Waals surface area contributed by atoms with Gasteiger partial charge in [0, 0.05) is 19.0 Å². The van der Waals surface area contributed by atoms with Crippen LogP contribution in [0.1, 0.15) is 19.8 Å². The molecule has 0 fully saturated rings. The first-order valence-electron chi connectivity index (χ1n) is 6.77. The van der Waals surface area contributed by atoms with Gasteiger partial charge in [0.2, 0.25) is 15.9 Å². The van der Waals surface area contributed by atoms with E-state index in [4.69, 9.17) is 4.74 Å². The lowest BCUT2D eigenvalue weighted by Crippen LogP contribution is -2.38. The van der Waals surface area contributed by atoms with Crippen LogP contribution >= 0.6 is 0 Å². The van der Waals surface area contributed by atoms with Gasteiger partial charge in [-0.05, 0) is 18.6 Å². The normalized spacial score (nSPS) is 11.0. The summed E-state index contributed by atoms with van der Waals surface area (Å²) in [5, 5.41) is 2.71. The monoisotopic (exact) mass is 314 g/mol. The van der Waals surface area contributed by atoms with Crippen molar-refractivity contribution >= 4 is 21.6 Å². The van der Waals surface area contributed by atoms with E-state index < -0.39 is 10.0 Å². The minimum absolute atomic E-state index is 0.0726. The highest BCUT2D eigenvalue weighted by Gasteiger charge is 2.17. The van der Waals surface area contributed by atoms with Gasteiger partial charge in [0.05, 0.1) is 25.6 Å². The highest BCUT2D eigenvalue weighted by molar-refractivity contribution is 7.92. The van der Waals surface area contributed by atoms with Crippen molar-refractivity contribution in [2.45, 2.75) is 19.8 Å². The maximum absolute atomic E-state index is 11.9. The second kappa shape index (κ2) is 7.87. The molecule has 7 heteroatoms. The van der Waals surface area contributed by atoms with Crippen molar-refractivity contribution < 1.29 is 17.9 Å². The van der Waals surface area contributed by atoms with E-state index in [1.165, 1.54) is 11.4 Å². The summed E-state index contributed by atoms with van der Waals surface area (Å²) in [5.74, 6) is 0.507. The van der Waals surface area contributed by atoms with Crippen LogP contribution in [0.15, 0.2) is 24.3 Å². The predicted molar refractivity (Wildman–Crippen MR) is 83.1 cm³/mol. The van der Waals surface area contributed by atoms with Crippen LogP contribution in [-0.2, 0) is 14.8 Å². The Hall–Kier alpha value is -1.76. The highest BCUT2D eigenvalue weighted by atomic mass is 32.2. The number of carbonyl (C=O) groups excluding carboxylic acids is 1. The molecule has 0 aromatic heterocycles. The van der Waals surface area contributed by atoms with Crippen molar-refractivity contribution in [1.82, 2.24) is 5.32 Å². The van der Waals surface area contributed by atoms with Crippen LogP contribution < -0.4 is 14.4 Å². The molecule has 1 amide bonds. The Morgan fingerprint density at radius 3 is 2.67 bits per heavy atom. The summed E-state index contributed by atoms with van der Waals surface area (Å²) in [6.45, 7) is 2.36. The van der Waals surface area contributed by atoms with Crippen LogP contribution in [0.2, 0.25) is 0 Å². The lowest BCUT2D eigenvalue weighted by Gasteiger charge is -2.23. The SMILES string of the molecule is CCCC(=O)NCCN(c1cccc(OC)c1)S(C)(=O)=O. The Morgan fingerprint density at radius 1 is 1.38 bits per heavy atom. The van der Waals surface area contributed by atoms with E-state index in [-0.39, 0.29) is 19.0 Å². The number of nitrogens with zero attached hydrogens (tertiary/aromatic N) is 1. The summed E-state index contributed by atoms with van der Waals surface area (Å²) in [7, 11) is -1.90. The second-order valence-corrected chi connectivity index (χ2v) is 6.54. The fraction of sp³-hybridized carbons (Fsp3) is 0.500. The van der Waals surface area contributed by atoms with E-state index in [9.17, 15) is 13.2 Å². The molecular weight excluding hydrogens is 292 g/mol. The number of methoxy groups -OCH3 is 1. The van der Waals surface area contributed by atoms with Gasteiger partial charge >= 0.3 is 0 Å². The van der Waals surface area contributed by atoms with Crippen LogP contribution in [0.3, 0.4) is 0 Å². The molecule has 0 saturated heterocycles. The van der Waals surface area contributed by atoms with Crippen molar-refractivity contribution in [2.24, 2.45) is 0 Å². The Balaban J connectivity index is 2.80. The van der Waals surface area contributed by atoms with Gasteiger partial charge in [-0.3, -0.25) is 9.10 Å². The molecule has 0 bridgehead atoms. The summed E-state index contributed by atoms with van der Waals surface area (Å²) in [4.78, 5) is 11.4. The largest absolute Gasteiger partial charge is 0.497 e. The maximum Gasteiger partial charge on any atom is 0.232 e. The zero-order valence-electron chi connectivity index (χ0n) is 12.6. The Bertz CT molecular complexity index is 572. The summed E-state index contributed by atoms with van der Waals surface area (Å²) in [5.41, 5.74) is 0.515. The number of hydrogen-bond acceptors (Lipinski definition) is 4. The number of nitrogens with one attached hydrogen (secondary N) is 1. The van der Waals surface area contributed by atoms with Gasteiger partial charge in [-0.15, -0.1) is 0 Å². The first-order chi connectivity index (χ1) is 9.88. The molecule has 6 nitrogen and oxygen atoms in total. The molecule has 0 atom stereocenters. The molecule has 0 aliphatic carbocycles. The van der Waals surface area contributed by atoms with Crippen molar-refractivity contribution in [1.29, 1.82) is 0 Å². The topological polar surface area (TPSA) is 75.7 Å². The van der Waals surface area contributed by atoms with Gasteiger partial charge in [0.15, 0.2) is 0 Å². The molecule has 1 N–H and O–H groups in total. The van der Waals surface area contributed by atoms with Crippen LogP contribution in [0.25, 0.3) is 0 Å². The summed E-state index contributed by atoms with van der Waals surface area (Å²) >= 11 is 0. The van der Waals surface area contributed by atoms with Crippen LogP contribution in [-0.4, -0.2) is 40.8 Å². The first-order valence-corrected chi connectivity index (χ1v) is 8.61. The second-order valence-electron chi connectivity index (χ2n) is 4.64. The predicted octanol–water partition coefficient (Wildman–Crippen LogP) is 1.38. The number of sulfonamides is 1. The van der Waals surface area contributed by atoms with E-state index in [0.717, 1.165) is 12.7 Å². The van der Waals surface area contributed by atoms with E-state index in [2.05, 4.69) is 5.32 Å². The van der Waals surface area contributed by atoms with E-state index in [1.54, 1.807) is 24.3 Å². The molecule has 1 aromatic rings. The summed E-state index contributed by atoms with van der Waals surface area (Å²) in [6, 6.07) is 6.81. The number of amides is 1. The van der Waals surface area contributed by atoms with Crippen LogP contribution in [0.4, 0.5) is 5.69 Å². The summed E-state index contributed by atoms with van der Waals surface area (Å²) < 4.78 is 30.2. The van der Waals surface area contributed by atoms with Crippen LogP contribution in [0, 0.1) is 0 Å². The lowest BCUT2D eigenvalue weighted by molar-refractivity contribution is -0.121. The Labute approximate surface area is 126 Å². The molecule has 1 aromatic carbocycles. The highest BCUT2D eigenvalue weighted by Crippen LogP contribution is 2.22. The van der Waals surface area contributed by atoms with Crippen LogP contribution in [0.5, 0.6) is 5.75 Å². The quantitative estimate of drug-likeness (QED) is 0.786. The number of anilines is 1. The number of hydrogen-bond donors (Lipinski definition) is 1. The third-order valence-corrected chi connectivity index (χ3v) is 4.05. The molecular formula is C14H22N2O4S. The van der Waals surface area contributed by atoms with Crippen molar-refractivity contribution in [3.63, 3.8) is 0 Å². The molecule has 0 aliphatic rings. The van der Waals surface area contributed by atoms with Crippen molar-refractivity contribution in [2.75, 3.05) is 30.8 Å². The molecule has 1 rings (SSSR count). The third-order valence-electron chi connectivity index (χ3n) is 2.86. The number of carbonyl (C=O) groups is 1. The lowest BCUT2D eigenvalue weighted by atomic mass is 10.3. The molecule has 0 spiro atoms. The maximum atomic E-state index is 11.9. The van der Waals surface area contributed by atoms with Gasteiger partial charge in [-0.25, -0.2) is 8.42 Å². The third kappa shape index (κ3) is 5.63. The molecule has 0 radical (unpaired) electrons. The number of benzene rings is 1. The number of rotatable bonds is 8.